The van der Waals surface area contributed by atoms with Crippen LogP contribution in [0, 0.1) is 5.92 Å². The van der Waals surface area contributed by atoms with E-state index in [1.54, 1.807) is 6.92 Å². The number of rotatable bonds is 2. The number of carbonyl (C=O) groups excluding carboxylic acids is 2. The number of ether oxygens (including phenoxy) is 1. The summed E-state index contributed by atoms with van der Waals surface area (Å²) in [4.78, 5) is 25.6. The third-order valence-electron chi connectivity index (χ3n) is 3.58. The number of likely N-dealkylation sites (N-methyl/N-ethyl adjacent to an activating group) is 1. The fourth-order valence-corrected chi connectivity index (χ4v) is 2.62. The van der Waals surface area contributed by atoms with Gasteiger partial charge in [0.2, 0.25) is 0 Å². The first-order valence-electron chi connectivity index (χ1n) is 5.20. The Balaban J connectivity index is 2.26. The lowest BCUT2D eigenvalue weighted by molar-refractivity contribution is -0.148. The first kappa shape index (κ1) is 12.0. The Kier molecular flexibility index (Phi) is 2.81. The van der Waals surface area contributed by atoms with E-state index in [4.69, 9.17) is 4.74 Å². The third kappa shape index (κ3) is 1.58. The van der Waals surface area contributed by atoms with Crippen LogP contribution in [0.15, 0.2) is 0 Å². The summed E-state index contributed by atoms with van der Waals surface area (Å²) in [7, 11) is 5.55. The van der Waals surface area contributed by atoms with Gasteiger partial charge in [-0.3, -0.25) is 14.5 Å². The Morgan fingerprint density at radius 3 is 2.75 bits per heavy atom. The summed E-state index contributed by atoms with van der Waals surface area (Å²) in [5.41, 5.74) is -0.642. The average Bonchev–Trinajstić information content (AvgIpc) is 2.86. The molecular weight excluding hydrogens is 229 g/mol. The van der Waals surface area contributed by atoms with Crippen LogP contribution in [-0.2, 0) is 18.8 Å². The van der Waals surface area contributed by atoms with E-state index in [0.717, 1.165) is 0 Å². The van der Waals surface area contributed by atoms with Crippen LogP contribution in [0.3, 0.4) is 0 Å². The van der Waals surface area contributed by atoms with Crippen molar-refractivity contribution >= 4 is 21.2 Å². The summed E-state index contributed by atoms with van der Waals surface area (Å²) in [6, 6.07) is -0.255. The van der Waals surface area contributed by atoms with E-state index in [0.29, 0.717) is 6.42 Å². The fourth-order valence-electron chi connectivity index (χ4n) is 2.49. The highest BCUT2D eigenvalue weighted by Crippen LogP contribution is 2.50. The quantitative estimate of drug-likeness (QED) is 0.389. The average molecular weight is 245 g/mol. The van der Waals surface area contributed by atoms with Gasteiger partial charge in [0.05, 0.1) is 21.6 Å². The van der Waals surface area contributed by atoms with Gasteiger partial charge in [-0.2, -0.15) is 0 Å². The van der Waals surface area contributed by atoms with E-state index in [2.05, 4.69) is 4.52 Å². The molecule has 0 spiro atoms. The zero-order valence-electron chi connectivity index (χ0n) is 9.60. The SMILES string of the molecule is CN(C)C1C[C@H]2OC2(C)[C@H](C(=O)OP)C1=O. The van der Waals surface area contributed by atoms with E-state index in [1.807, 2.05) is 28.5 Å². The van der Waals surface area contributed by atoms with E-state index in [9.17, 15) is 9.59 Å². The van der Waals surface area contributed by atoms with E-state index in [-0.39, 0.29) is 17.9 Å². The van der Waals surface area contributed by atoms with Gasteiger partial charge in [-0.15, -0.1) is 0 Å². The van der Waals surface area contributed by atoms with E-state index in [1.165, 1.54) is 0 Å². The molecule has 2 aliphatic rings. The van der Waals surface area contributed by atoms with Gasteiger partial charge in [0.25, 0.3) is 0 Å². The Labute approximate surface area is 96.7 Å². The van der Waals surface area contributed by atoms with Crippen LogP contribution >= 0.6 is 9.47 Å². The predicted octanol–water partition coefficient (Wildman–Crippen LogP) is -0.00360. The maximum atomic E-state index is 12.2. The molecule has 1 saturated carbocycles. The number of nitrogens with zero attached hydrogens (tertiary/aromatic N) is 1. The minimum atomic E-state index is -0.795. The molecule has 2 fully saturated rings. The second kappa shape index (κ2) is 3.76. The molecular formula is C10H16NO4P. The summed E-state index contributed by atoms with van der Waals surface area (Å²) in [5.74, 6) is -1.42. The van der Waals surface area contributed by atoms with Crippen molar-refractivity contribution in [1.82, 2.24) is 4.90 Å². The van der Waals surface area contributed by atoms with Gasteiger partial charge in [-0.25, -0.2) is 0 Å². The Morgan fingerprint density at radius 1 is 1.62 bits per heavy atom. The Morgan fingerprint density at radius 2 is 2.25 bits per heavy atom. The highest BCUT2D eigenvalue weighted by molar-refractivity contribution is 7.10. The number of hydrogen-bond donors (Lipinski definition) is 0. The van der Waals surface area contributed by atoms with Crippen molar-refractivity contribution < 1.29 is 18.8 Å². The molecule has 90 valence electrons. The number of Topliss-reactive ketones (excluding diaryl/α,β-unsaturated/α-hetero) is 1. The normalized spacial score (nSPS) is 41.8. The van der Waals surface area contributed by atoms with Gasteiger partial charge in [-0.1, -0.05) is 0 Å². The molecule has 1 heterocycles. The van der Waals surface area contributed by atoms with Crippen molar-refractivity contribution in [3.63, 3.8) is 0 Å². The molecule has 6 heteroatoms. The van der Waals surface area contributed by atoms with Crippen molar-refractivity contribution in [2.24, 2.45) is 5.92 Å². The summed E-state index contributed by atoms with van der Waals surface area (Å²) >= 11 is 0. The van der Waals surface area contributed by atoms with Gasteiger partial charge < -0.3 is 9.26 Å². The number of ketones is 1. The highest BCUT2D eigenvalue weighted by Gasteiger charge is 2.67. The van der Waals surface area contributed by atoms with Gasteiger partial charge in [0.1, 0.15) is 11.5 Å². The molecule has 0 amide bonds. The molecule has 5 atom stereocenters. The van der Waals surface area contributed by atoms with Crippen LogP contribution in [0.1, 0.15) is 13.3 Å². The summed E-state index contributed by atoms with van der Waals surface area (Å²) in [6.45, 7) is 1.80. The topological polar surface area (TPSA) is 59.1 Å². The summed E-state index contributed by atoms with van der Waals surface area (Å²) in [5, 5.41) is 0. The molecule has 0 N–H and O–H groups in total. The zero-order valence-corrected chi connectivity index (χ0v) is 10.8. The standard InChI is InChI=1S/C10H16NO4P/c1-10-6(14-10)4-5(11(2)3)8(12)7(10)9(13)15-16/h5-7H,4,16H2,1-3H3/t5?,6-,7+,10?/m1/s1. The lowest BCUT2D eigenvalue weighted by Crippen LogP contribution is -2.52. The van der Waals surface area contributed by atoms with Crippen LogP contribution in [0.4, 0.5) is 0 Å². The summed E-state index contributed by atoms with van der Waals surface area (Å²) < 4.78 is 10.1. The minimum absolute atomic E-state index is 0.00769. The molecule has 0 aromatic heterocycles. The van der Waals surface area contributed by atoms with Gasteiger partial charge in [-0.05, 0) is 27.4 Å². The molecule has 16 heavy (non-hydrogen) atoms. The number of carbonyl (C=O) groups is 2. The van der Waals surface area contributed by atoms with Crippen LogP contribution in [0.5, 0.6) is 0 Å². The number of hydrogen-bond acceptors (Lipinski definition) is 5. The summed E-state index contributed by atoms with van der Waals surface area (Å²) in [6.07, 6.45) is 0.648. The number of epoxide rings is 1. The lowest BCUT2D eigenvalue weighted by atomic mass is 9.76. The molecule has 2 rings (SSSR count). The van der Waals surface area contributed by atoms with Crippen LogP contribution in [0.25, 0.3) is 0 Å². The molecule has 0 radical (unpaired) electrons. The zero-order chi connectivity index (χ0) is 12.1. The second-order valence-electron chi connectivity index (χ2n) is 4.78. The lowest BCUT2D eigenvalue weighted by Gasteiger charge is -2.31. The van der Waals surface area contributed by atoms with Crippen molar-refractivity contribution in [3.8, 4) is 0 Å². The maximum Gasteiger partial charge on any atom is 0.321 e. The number of fused-ring (bicyclic) bond motifs is 1. The first-order valence-corrected chi connectivity index (χ1v) is 5.67. The molecule has 1 aliphatic carbocycles. The minimum Gasteiger partial charge on any atom is -0.451 e. The second-order valence-corrected chi connectivity index (χ2v) is 5.01. The van der Waals surface area contributed by atoms with Crippen LogP contribution in [0.2, 0.25) is 0 Å². The van der Waals surface area contributed by atoms with Crippen molar-refractivity contribution in [2.45, 2.75) is 31.1 Å². The van der Waals surface area contributed by atoms with Crippen molar-refractivity contribution in [3.05, 3.63) is 0 Å². The van der Waals surface area contributed by atoms with Crippen molar-refractivity contribution in [1.29, 1.82) is 0 Å². The monoisotopic (exact) mass is 245 g/mol. The van der Waals surface area contributed by atoms with Gasteiger partial charge >= 0.3 is 5.97 Å². The molecule has 0 bridgehead atoms. The van der Waals surface area contributed by atoms with Crippen molar-refractivity contribution in [2.75, 3.05) is 14.1 Å². The van der Waals surface area contributed by atoms with Crippen LogP contribution < -0.4 is 0 Å². The van der Waals surface area contributed by atoms with Crippen LogP contribution in [-0.4, -0.2) is 48.5 Å². The largest absolute Gasteiger partial charge is 0.451 e. The molecule has 5 nitrogen and oxygen atoms in total. The molecule has 0 aromatic rings. The maximum absolute atomic E-state index is 12.2. The molecule has 0 aromatic carbocycles. The molecule has 3 unspecified atom stereocenters. The van der Waals surface area contributed by atoms with E-state index < -0.39 is 17.5 Å². The van der Waals surface area contributed by atoms with Gasteiger partial charge in [0.15, 0.2) is 5.78 Å². The Hall–Kier alpha value is -0.510. The smallest absolute Gasteiger partial charge is 0.321 e. The Bertz CT molecular complexity index is 346. The molecule has 1 aliphatic heterocycles. The predicted molar refractivity (Wildman–Crippen MR) is 59.7 cm³/mol. The highest BCUT2D eigenvalue weighted by atomic mass is 31.0. The first-order chi connectivity index (χ1) is 7.41. The molecule has 1 saturated heterocycles. The third-order valence-corrected chi connectivity index (χ3v) is 3.81. The van der Waals surface area contributed by atoms with Gasteiger partial charge in [0, 0.05) is 0 Å². The van der Waals surface area contributed by atoms with E-state index >= 15 is 0 Å². The fraction of sp³-hybridized carbons (Fsp3) is 0.800.